The molecule has 1 aromatic heterocycles. The van der Waals surface area contributed by atoms with E-state index in [1.54, 1.807) is 12.3 Å². The van der Waals surface area contributed by atoms with E-state index in [0.717, 1.165) is 28.8 Å². The molecule has 21 heavy (non-hydrogen) atoms. The van der Waals surface area contributed by atoms with E-state index in [9.17, 15) is 4.79 Å². The van der Waals surface area contributed by atoms with Gasteiger partial charge < -0.3 is 15.2 Å². The number of hydrogen-bond acceptors (Lipinski definition) is 2. The molecule has 1 aliphatic rings. The zero-order chi connectivity index (χ0) is 14.8. The first-order chi connectivity index (χ1) is 10.1. The number of amides is 1. The number of aromatic amines is 1. The monoisotopic (exact) mass is 347 g/mol. The zero-order valence-corrected chi connectivity index (χ0v) is 13.5. The van der Waals surface area contributed by atoms with Crippen LogP contribution in [-0.4, -0.2) is 24.0 Å². The molecule has 1 amide bonds. The number of anilines is 2. The molecule has 2 heterocycles. The molecule has 1 fully saturated rings. The van der Waals surface area contributed by atoms with E-state index < -0.39 is 0 Å². The molecule has 0 radical (unpaired) electrons. The highest BCUT2D eigenvalue weighted by Gasteiger charge is 2.14. The first kappa shape index (κ1) is 14.2. The van der Waals surface area contributed by atoms with Crippen LogP contribution in [0.1, 0.15) is 28.9 Å². The first-order valence-electron chi connectivity index (χ1n) is 7.14. The maximum absolute atomic E-state index is 12.1. The number of nitrogens with zero attached hydrogens (tertiary/aromatic N) is 1. The van der Waals surface area contributed by atoms with Gasteiger partial charge in [-0.05, 0) is 65.5 Å². The van der Waals surface area contributed by atoms with Crippen molar-refractivity contribution in [2.75, 3.05) is 23.3 Å². The number of aryl methyl sites for hydroxylation is 1. The largest absolute Gasteiger partial charge is 0.372 e. The molecule has 0 bridgehead atoms. The number of aromatic nitrogens is 1. The minimum Gasteiger partial charge on any atom is -0.372 e. The number of carbonyl (C=O) groups is 1. The second-order valence-corrected chi connectivity index (χ2v) is 6.29. The smallest absolute Gasteiger partial charge is 0.272 e. The SMILES string of the molecule is Cc1cc(N2CCCC2)ccc1NC(=O)c1cc(Br)c[nH]1. The standard InChI is InChI=1S/C16H18BrN3O/c1-11-8-13(20-6-2-3-7-20)4-5-14(11)19-16(21)15-9-12(17)10-18-15/h4-5,8-10,18H,2-3,6-7H2,1H3,(H,19,21). The number of halogens is 1. The lowest BCUT2D eigenvalue weighted by molar-refractivity contribution is 0.102. The summed E-state index contributed by atoms with van der Waals surface area (Å²) in [6, 6.07) is 7.98. The number of hydrogen-bond donors (Lipinski definition) is 2. The van der Waals surface area contributed by atoms with Crippen molar-refractivity contribution in [3.63, 3.8) is 0 Å². The molecular formula is C16H18BrN3O. The van der Waals surface area contributed by atoms with E-state index in [4.69, 9.17) is 0 Å². The molecule has 1 aromatic carbocycles. The van der Waals surface area contributed by atoms with Gasteiger partial charge in [-0.1, -0.05) is 0 Å². The fourth-order valence-corrected chi connectivity index (χ4v) is 2.99. The van der Waals surface area contributed by atoms with Crippen LogP contribution >= 0.6 is 15.9 Å². The van der Waals surface area contributed by atoms with Gasteiger partial charge in [0.15, 0.2) is 0 Å². The molecule has 1 saturated heterocycles. The Kier molecular flexibility index (Phi) is 4.01. The van der Waals surface area contributed by atoms with Crippen molar-refractivity contribution in [2.45, 2.75) is 19.8 Å². The number of nitrogens with one attached hydrogen (secondary N) is 2. The number of H-pyrrole nitrogens is 1. The molecule has 2 aromatic rings. The Hall–Kier alpha value is -1.75. The predicted molar refractivity (Wildman–Crippen MR) is 89.1 cm³/mol. The van der Waals surface area contributed by atoms with Crippen LogP contribution in [0, 0.1) is 6.92 Å². The summed E-state index contributed by atoms with van der Waals surface area (Å²) in [6.07, 6.45) is 4.27. The summed E-state index contributed by atoms with van der Waals surface area (Å²) in [5.41, 5.74) is 3.72. The summed E-state index contributed by atoms with van der Waals surface area (Å²) >= 11 is 3.33. The highest BCUT2D eigenvalue weighted by atomic mass is 79.9. The lowest BCUT2D eigenvalue weighted by atomic mass is 10.1. The van der Waals surface area contributed by atoms with E-state index in [-0.39, 0.29) is 5.91 Å². The lowest BCUT2D eigenvalue weighted by Gasteiger charge is -2.19. The van der Waals surface area contributed by atoms with Gasteiger partial charge in [0.2, 0.25) is 0 Å². The van der Waals surface area contributed by atoms with Crippen LogP contribution in [0.2, 0.25) is 0 Å². The van der Waals surface area contributed by atoms with Crippen LogP contribution in [0.15, 0.2) is 34.9 Å². The molecule has 3 rings (SSSR count). The number of rotatable bonds is 3. The molecule has 5 heteroatoms. The van der Waals surface area contributed by atoms with Crippen LogP contribution in [0.4, 0.5) is 11.4 Å². The Morgan fingerprint density at radius 3 is 2.67 bits per heavy atom. The molecule has 4 nitrogen and oxygen atoms in total. The van der Waals surface area contributed by atoms with Crippen molar-refractivity contribution in [3.05, 3.63) is 46.2 Å². The first-order valence-corrected chi connectivity index (χ1v) is 7.93. The molecular weight excluding hydrogens is 330 g/mol. The van der Waals surface area contributed by atoms with Gasteiger partial charge in [-0.25, -0.2) is 0 Å². The maximum atomic E-state index is 12.1. The highest BCUT2D eigenvalue weighted by Crippen LogP contribution is 2.26. The molecule has 1 aliphatic heterocycles. The van der Waals surface area contributed by atoms with E-state index >= 15 is 0 Å². The number of carbonyl (C=O) groups excluding carboxylic acids is 1. The highest BCUT2D eigenvalue weighted by molar-refractivity contribution is 9.10. The topological polar surface area (TPSA) is 48.1 Å². The molecule has 0 atom stereocenters. The summed E-state index contributed by atoms with van der Waals surface area (Å²) in [5.74, 6) is -0.127. The average Bonchev–Trinajstić information content (AvgIpc) is 3.12. The summed E-state index contributed by atoms with van der Waals surface area (Å²) < 4.78 is 0.869. The van der Waals surface area contributed by atoms with Crippen LogP contribution in [-0.2, 0) is 0 Å². The molecule has 2 N–H and O–H groups in total. The minimum absolute atomic E-state index is 0.127. The van der Waals surface area contributed by atoms with Crippen molar-refractivity contribution in [1.82, 2.24) is 4.98 Å². The van der Waals surface area contributed by atoms with Gasteiger partial charge in [0, 0.05) is 35.1 Å². The van der Waals surface area contributed by atoms with Crippen LogP contribution in [0.5, 0.6) is 0 Å². The van der Waals surface area contributed by atoms with Crippen LogP contribution in [0.25, 0.3) is 0 Å². The maximum Gasteiger partial charge on any atom is 0.272 e. The fraction of sp³-hybridized carbons (Fsp3) is 0.312. The third kappa shape index (κ3) is 3.13. The van der Waals surface area contributed by atoms with Gasteiger partial charge in [0.25, 0.3) is 5.91 Å². The Bertz CT molecular complexity index is 659. The Balaban J connectivity index is 1.75. The summed E-state index contributed by atoms with van der Waals surface area (Å²) in [5, 5.41) is 2.95. The van der Waals surface area contributed by atoms with Gasteiger partial charge in [-0.3, -0.25) is 4.79 Å². The summed E-state index contributed by atoms with van der Waals surface area (Å²) in [4.78, 5) is 17.5. The lowest BCUT2D eigenvalue weighted by Crippen LogP contribution is -2.18. The van der Waals surface area contributed by atoms with E-state index in [2.05, 4.69) is 43.3 Å². The Morgan fingerprint density at radius 1 is 1.29 bits per heavy atom. The minimum atomic E-state index is -0.127. The Morgan fingerprint density at radius 2 is 2.05 bits per heavy atom. The second kappa shape index (κ2) is 5.93. The molecule has 0 spiro atoms. The van der Waals surface area contributed by atoms with E-state index in [0.29, 0.717) is 5.69 Å². The van der Waals surface area contributed by atoms with Gasteiger partial charge in [-0.2, -0.15) is 0 Å². The Labute approximate surface area is 132 Å². The summed E-state index contributed by atoms with van der Waals surface area (Å²) in [6.45, 7) is 4.28. The normalized spacial score (nSPS) is 14.5. The van der Waals surface area contributed by atoms with E-state index in [1.807, 2.05) is 13.0 Å². The average molecular weight is 348 g/mol. The summed E-state index contributed by atoms with van der Waals surface area (Å²) in [7, 11) is 0. The second-order valence-electron chi connectivity index (χ2n) is 5.38. The van der Waals surface area contributed by atoms with Gasteiger partial charge in [0.1, 0.15) is 5.69 Å². The van der Waals surface area contributed by atoms with Gasteiger partial charge in [-0.15, -0.1) is 0 Å². The van der Waals surface area contributed by atoms with Crippen molar-refractivity contribution in [1.29, 1.82) is 0 Å². The van der Waals surface area contributed by atoms with Crippen molar-refractivity contribution < 1.29 is 4.79 Å². The van der Waals surface area contributed by atoms with Gasteiger partial charge >= 0.3 is 0 Å². The van der Waals surface area contributed by atoms with Gasteiger partial charge in [0.05, 0.1) is 0 Å². The van der Waals surface area contributed by atoms with Crippen LogP contribution < -0.4 is 10.2 Å². The quantitative estimate of drug-likeness (QED) is 0.883. The van der Waals surface area contributed by atoms with Crippen LogP contribution in [0.3, 0.4) is 0 Å². The molecule has 0 saturated carbocycles. The van der Waals surface area contributed by atoms with E-state index in [1.165, 1.54) is 18.5 Å². The van der Waals surface area contributed by atoms with Crippen molar-refractivity contribution >= 4 is 33.2 Å². The predicted octanol–water partition coefficient (Wildman–Crippen LogP) is 3.94. The zero-order valence-electron chi connectivity index (χ0n) is 11.9. The molecule has 110 valence electrons. The third-order valence-electron chi connectivity index (χ3n) is 3.82. The molecule has 0 unspecified atom stereocenters. The van der Waals surface area contributed by atoms with Crippen molar-refractivity contribution in [3.8, 4) is 0 Å². The number of benzene rings is 1. The fourth-order valence-electron chi connectivity index (χ4n) is 2.65. The third-order valence-corrected chi connectivity index (χ3v) is 4.28. The van der Waals surface area contributed by atoms with Crippen molar-refractivity contribution in [2.24, 2.45) is 0 Å². The molecule has 0 aliphatic carbocycles.